The summed E-state index contributed by atoms with van der Waals surface area (Å²) in [5, 5.41) is 10.7. The van der Waals surface area contributed by atoms with Gasteiger partial charge in [0.15, 0.2) is 0 Å². The van der Waals surface area contributed by atoms with Crippen LogP contribution in [0.4, 0.5) is 17.6 Å². The van der Waals surface area contributed by atoms with Crippen molar-refractivity contribution in [1.82, 2.24) is 4.90 Å². The monoisotopic (exact) mass is 397 g/mol. The van der Waals surface area contributed by atoms with E-state index < -0.39 is 35.1 Å². The maximum absolute atomic E-state index is 14.5. The molecule has 1 aliphatic heterocycles. The highest BCUT2D eigenvalue weighted by atomic mass is 35.5. The van der Waals surface area contributed by atoms with Crippen LogP contribution in [0.25, 0.3) is 11.3 Å². The molecule has 0 aliphatic carbocycles. The molecule has 0 spiro atoms. The number of rotatable bonds is 3. The number of nitrogens with zero attached hydrogens (tertiary/aromatic N) is 1. The summed E-state index contributed by atoms with van der Waals surface area (Å²) in [6, 6.07) is 4.76. The standard InChI is InChI=1S/C20H16ClF4NO/c1-3-26-19(18-16(24)8-12(23)9-17(18)25)14(6-10(2)20(26)27)13-7-11(22)4-5-15(13)21/h4-9,20,27H,3H2,1-2H3. The van der Waals surface area contributed by atoms with Gasteiger partial charge in [-0.1, -0.05) is 11.6 Å². The van der Waals surface area contributed by atoms with Crippen LogP contribution in [0.1, 0.15) is 25.0 Å². The van der Waals surface area contributed by atoms with Gasteiger partial charge in [-0.2, -0.15) is 0 Å². The van der Waals surface area contributed by atoms with Gasteiger partial charge in [0.2, 0.25) is 0 Å². The molecule has 142 valence electrons. The molecule has 0 amide bonds. The summed E-state index contributed by atoms with van der Waals surface area (Å²) in [6.07, 6.45) is 0.347. The smallest absolute Gasteiger partial charge is 0.149 e. The lowest BCUT2D eigenvalue weighted by molar-refractivity contribution is 0.0799. The number of allylic oxidation sites excluding steroid dienone is 2. The van der Waals surface area contributed by atoms with E-state index in [1.807, 2.05) is 0 Å². The van der Waals surface area contributed by atoms with Crippen LogP contribution < -0.4 is 0 Å². The van der Waals surface area contributed by atoms with Crippen molar-refractivity contribution in [3.8, 4) is 0 Å². The van der Waals surface area contributed by atoms with Gasteiger partial charge in [0.1, 0.15) is 29.5 Å². The Morgan fingerprint density at radius 2 is 1.67 bits per heavy atom. The highest BCUT2D eigenvalue weighted by molar-refractivity contribution is 6.33. The molecule has 1 heterocycles. The van der Waals surface area contributed by atoms with Crippen LogP contribution in [0.5, 0.6) is 0 Å². The van der Waals surface area contributed by atoms with E-state index in [0.29, 0.717) is 17.7 Å². The average Bonchev–Trinajstić information content (AvgIpc) is 2.59. The van der Waals surface area contributed by atoms with E-state index in [9.17, 15) is 22.7 Å². The zero-order valence-corrected chi connectivity index (χ0v) is 15.3. The molecule has 2 aromatic carbocycles. The third-order valence-corrected chi connectivity index (χ3v) is 4.75. The molecular weight excluding hydrogens is 382 g/mol. The Morgan fingerprint density at radius 1 is 1.04 bits per heavy atom. The van der Waals surface area contributed by atoms with Crippen molar-refractivity contribution in [3.05, 3.63) is 81.4 Å². The molecule has 1 aliphatic rings. The highest BCUT2D eigenvalue weighted by Gasteiger charge is 2.32. The van der Waals surface area contributed by atoms with E-state index in [0.717, 1.165) is 12.1 Å². The minimum absolute atomic E-state index is 0.0295. The fourth-order valence-electron chi connectivity index (χ4n) is 3.18. The number of hydrogen-bond donors (Lipinski definition) is 1. The van der Waals surface area contributed by atoms with Crippen molar-refractivity contribution < 1.29 is 22.7 Å². The third-order valence-electron chi connectivity index (χ3n) is 4.42. The second-order valence-electron chi connectivity index (χ2n) is 6.18. The molecule has 1 atom stereocenters. The molecule has 27 heavy (non-hydrogen) atoms. The van der Waals surface area contributed by atoms with E-state index in [1.54, 1.807) is 13.8 Å². The van der Waals surface area contributed by atoms with Crippen molar-refractivity contribution in [3.63, 3.8) is 0 Å². The number of halogens is 5. The molecule has 0 radical (unpaired) electrons. The van der Waals surface area contributed by atoms with Crippen LogP contribution in [0.2, 0.25) is 5.02 Å². The van der Waals surface area contributed by atoms with Crippen molar-refractivity contribution in [1.29, 1.82) is 0 Å². The molecule has 2 nitrogen and oxygen atoms in total. The number of aliphatic hydroxyl groups is 1. The Kier molecular flexibility index (Phi) is 5.31. The Balaban J connectivity index is 2.42. The lowest BCUT2D eigenvalue weighted by Gasteiger charge is -2.37. The summed E-state index contributed by atoms with van der Waals surface area (Å²) in [5.41, 5.74) is 0.376. The molecule has 0 saturated carbocycles. The van der Waals surface area contributed by atoms with Gasteiger partial charge in [0.05, 0.1) is 11.3 Å². The van der Waals surface area contributed by atoms with Crippen LogP contribution >= 0.6 is 11.6 Å². The molecule has 0 saturated heterocycles. The fraction of sp³-hybridized carbons (Fsp3) is 0.200. The number of hydrogen-bond acceptors (Lipinski definition) is 2. The minimum atomic E-state index is -1.15. The van der Waals surface area contributed by atoms with Gasteiger partial charge < -0.3 is 10.0 Å². The first-order valence-electron chi connectivity index (χ1n) is 8.22. The van der Waals surface area contributed by atoms with E-state index >= 15 is 0 Å². The first-order chi connectivity index (χ1) is 12.7. The van der Waals surface area contributed by atoms with Crippen LogP contribution in [-0.4, -0.2) is 22.8 Å². The summed E-state index contributed by atoms with van der Waals surface area (Å²) >= 11 is 6.20. The van der Waals surface area contributed by atoms with Gasteiger partial charge in [-0.3, -0.25) is 0 Å². The van der Waals surface area contributed by atoms with Gasteiger partial charge in [-0.05, 0) is 43.7 Å². The Bertz CT molecular complexity index is 947. The predicted octanol–water partition coefficient (Wildman–Crippen LogP) is 5.36. The molecule has 7 heteroatoms. The van der Waals surface area contributed by atoms with Crippen LogP contribution in [0, 0.1) is 23.3 Å². The summed E-state index contributed by atoms with van der Waals surface area (Å²) in [7, 11) is 0. The number of likely N-dealkylation sites (N-methyl/N-ethyl adjacent to an activating group) is 1. The molecule has 0 aromatic heterocycles. The van der Waals surface area contributed by atoms with E-state index in [2.05, 4.69) is 0 Å². The van der Waals surface area contributed by atoms with Crippen LogP contribution in [0.15, 0.2) is 42.0 Å². The van der Waals surface area contributed by atoms with Crippen molar-refractivity contribution >= 4 is 22.9 Å². The summed E-state index contributed by atoms with van der Waals surface area (Å²) in [4.78, 5) is 1.35. The van der Waals surface area contributed by atoms with E-state index in [4.69, 9.17) is 11.6 Å². The normalized spacial score (nSPS) is 17.4. The van der Waals surface area contributed by atoms with Crippen LogP contribution in [-0.2, 0) is 0 Å². The van der Waals surface area contributed by atoms with Crippen molar-refractivity contribution in [2.75, 3.05) is 6.54 Å². The van der Waals surface area contributed by atoms with Crippen LogP contribution in [0.3, 0.4) is 0 Å². The van der Waals surface area contributed by atoms with Crippen molar-refractivity contribution in [2.24, 2.45) is 0 Å². The molecule has 2 aromatic rings. The first-order valence-corrected chi connectivity index (χ1v) is 8.59. The maximum Gasteiger partial charge on any atom is 0.149 e. The number of benzene rings is 2. The Labute approximate surface area is 159 Å². The van der Waals surface area contributed by atoms with Gasteiger partial charge in [-0.25, -0.2) is 17.6 Å². The van der Waals surface area contributed by atoms with E-state index in [1.165, 1.54) is 17.0 Å². The third kappa shape index (κ3) is 3.47. The molecule has 1 N–H and O–H groups in total. The molecule has 3 rings (SSSR count). The Hall–Kier alpha value is -2.31. The quantitative estimate of drug-likeness (QED) is 0.704. The molecule has 1 unspecified atom stereocenters. The second kappa shape index (κ2) is 7.37. The van der Waals surface area contributed by atoms with Gasteiger partial charge in [0.25, 0.3) is 0 Å². The van der Waals surface area contributed by atoms with E-state index in [-0.39, 0.29) is 28.4 Å². The van der Waals surface area contributed by atoms with Gasteiger partial charge >= 0.3 is 0 Å². The molecule has 0 fully saturated rings. The predicted molar refractivity (Wildman–Crippen MR) is 96.7 cm³/mol. The second-order valence-corrected chi connectivity index (χ2v) is 6.59. The average molecular weight is 398 g/mol. The highest BCUT2D eigenvalue weighted by Crippen LogP contribution is 2.41. The topological polar surface area (TPSA) is 23.5 Å². The van der Waals surface area contributed by atoms with Crippen molar-refractivity contribution in [2.45, 2.75) is 20.1 Å². The lowest BCUT2D eigenvalue weighted by Crippen LogP contribution is -2.37. The molecular formula is C20H16ClF4NO. The zero-order valence-electron chi connectivity index (χ0n) is 14.5. The SMILES string of the molecule is CCN1C(c2c(F)cc(F)cc2F)=C(c2cc(F)ccc2Cl)C=C(C)C1O. The lowest BCUT2D eigenvalue weighted by atomic mass is 9.92. The largest absolute Gasteiger partial charge is 0.370 e. The fourth-order valence-corrected chi connectivity index (χ4v) is 3.40. The first kappa shape index (κ1) is 19.5. The summed E-state index contributed by atoms with van der Waals surface area (Å²) < 4.78 is 56.3. The minimum Gasteiger partial charge on any atom is -0.370 e. The summed E-state index contributed by atoms with van der Waals surface area (Å²) in [5.74, 6) is -3.91. The Morgan fingerprint density at radius 3 is 2.26 bits per heavy atom. The molecule has 0 bridgehead atoms. The van der Waals surface area contributed by atoms with Gasteiger partial charge in [0, 0.05) is 34.8 Å². The summed E-state index contributed by atoms with van der Waals surface area (Å²) in [6.45, 7) is 3.51. The number of aliphatic hydroxyl groups excluding tert-OH is 1. The maximum atomic E-state index is 14.5. The van der Waals surface area contributed by atoms with Gasteiger partial charge in [-0.15, -0.1) is 0 Å². The zero-order chi connectivity index (χ0) is 19.9.